The minimum atomic E-state index is 0.382. The van der Waals surface area contributed by atoms with Gasteiger partial charge in [0.15, 0.2) is 0 Å². The molecule has 2 aliphatic rings. The molecule has 2 fully saturated rings. The van der Waals surface area contributed by atoms with E-state index in [-0.39, 0.29) is 0 Å². The van der Waals surface area contributed by atoms with Gasteiger partial charge in [-0.25, -0.2) is 0 Å². The summed E-state index contributed by atoms with van der Waals surface area (Å²) in [6.45, 7) is 13.2. The van der Waals surface area contributed by atoms with Crippen LogP contribution in [0.2, 0.25) is 0 Å². The number of hydrogen-bond acceptors (Lipinski definition) is 2. The van der Waals surface area contributed by atoms with Crippen molar-refractivity contribution in [3.8, 4) is 0 Å². The van der Waals surface area contributed by atoms with Crippen LogP contribution in [0.25, 0.3) is 0 Å². The quantitative estimate of drug-likeness (QED) is 0.817. The summed E-state index contributed by atoms with van der Waals surface area (Å²) in [6, 6.07) is 0.713. The zero-order valence-electron chi connectivity index (χ0n) is 14.3. The lowest BCUT2D eigenvalue weighted by Gasteiger charge is -2.48. The van der Waals surface area contributed by atoms with E-state index in [2.05, 4.69) is 37.9 Å². The molecule has 1 unspecified atom stereocenters. The second-order valence-corrected chi connectivity index (χ2v) is 7.44. The van der Waals surface area contributed by atoms with E-state index in [4.69, 9.17) is 0 Å². The lowest BCUT2D eigenvalue weighted by atomic mass is 9.80. The van der Waals surface area contributed by atoms with Gasteiger partial charge in [0.1, 0.15) is 0 Å². The van der Waals surface area contributed by atoms with Crippen molar-refractivity contribution < 1.29 is 0 Å². The molecule has 118 valence electrons. The molecule has 0 aromatic carbocycles. The van der Waals surface area contributed by atoms with Crippen molar-refractivity contribution in [2.75, 3.05) is 19.6 Å². The molecule has 1 aliphatic carbocycles. The topological polar surface area (TPSA) is 15.3 Å². The average molecular weight is 281 g/mol. The molecule has 0 aromatic heterocycles. The molecule has 0 bridgehead atoms. The van der Waals surface area contributed by atoms with Crippen molar-refractivity contribution in [2.45, 2.75) is 84.2 Å². The maximum atomic E-state index is 3.82. The Morgan fingerprint density at radius 3 is 2.15 bits per heavy atom. The number of piperazine rings is 1. The van der Waals surface area contributed by atoms with E-state index in [0.29, 0.717) is 11.6 Å². The fourth-order valence-corrected chi connectivity index (χ4v) is 4.22. The van der Waals surface area contributed by atoms with Crippen molar-refractivity contribution in [3.63, 3.8) is 0 Å². The fourth-order valence-electron chi connectivity index (χ4n) is 4.22. The predicted octanol–water partition coefficient (Wildman–Crippen LogP) is 4.06. The third-order valence-electron chi connectivity index (χ3n) is 6.29. The summed E-state index contributed by atoms with van der Waals surface area (Å²) in [5.41, 5.74) is 0.382. The second kappa shape index (κ2) is 7.26. The Balaban J connectivity index is 1.87. The largest absolute Gasteiger partial charge is 0.308 e. The van der Waals surface area contributed by atoms with Gasteiger partial charge in [0.05, 0.1) is 0 Å². The van der Waals surface area contributed by atoms with E-state index in [1.165, 1.54) is 64.6 Å². The minimum Gasteiger partial charge on any atom is -0.308 e. The van der Waals surface area contributed by atoms with Gasteiger partial charge in [0.2, 0.25) is 0 Å². The molecule has 2 rings (SSSR count). The highest BCUT2D eigenvalue weighted by molar-refractivity contribution is 4.96. The minimum absolute atomic E-state index is 0.382. The molecule has 2 nitrogen and oxygen atoms in total. The zero-order valence-corrected chi connectivity index (χ0v) is 14.3. The van der Waals surface area contributed by atoms with Crippen molar-refractivity contribution in [1.82, 2.24) is 10.2 Å². The van der Waals surface area contributed by atoms with E-state index in [9.17, 15) is 0 Å². The van der Waals surface area contributed by atoms with Crippen molar-refractivity contribution in [2.24, 2.45) is 11.8 Å². The van der Waals surface area contributed by atoms with Crippen LogP contribution in [-0.2, 0) is 0 Å². The monoisotopic (exact) mass is 280 g/mol. The van der Waals surface area contributed by atoms with Crippen LogP contribution in [-0.4, -0.2) is 36.1 Å². The van der Waals surface area contributed by atoms with Crippen LogP contribution < -0.4 is 5.32 Å². The summed E-state index contributed by atoms with van der Waals surface area (Å²) in [5.74, 6) is 1.99. The van der Waals surface area contributed by atoms with Crippen LogP contribution in [0.3, 0.4) is 0 Å². The summed E-state index contributed by atoms with van der Waals surface area (Å²) in [4.78, 5) is 2.79. The Morgan fingerprint density at radius 2 is 1.60 bits per heavy atom. The third-order valence-corrected chi connectivity index (χ3v) is 6.29. The lowest BCUT2D eigenvalue weighted by Crippen LogP contribution is -2.63. The van der Waals surface area contributed by atoms with Crippen LogP contribution in [0.4, 0.5) is 0 Å². The second-order valence-electron chi connectivity index (χ2n) is 7.44. The van der Waals surface area contributed by atoms with E-state index in [0.717, 1.165) is 11.8 Å². The molecule has 20 heavy (non-hydrogen) atoms. The molecular weight excluding hydrogens is 244 g/mol. The predicted molar refractivity (Wildman–Crippen MR) is 88.1 cm³/mol. The smallest absolute Gasteiger partial charge is 0.0304 e. The molecule has 1 atom stereocenters. The number of rotatable bonds is 5. The van der Waals surface area contributed by atoms with Crippen LogP contribution in [0.15, 0.2) is 0 Å². The Morgan fingerprint density at radius 1 is 1.00 bits per heavy atom. The molecule has 0 spiro atoms. The van der Waals surface area contributed by atoms with Gasteiger partial charge in [-0.1, -0.05) is 40.0 Å². The summed E-state index contributed by atoms with van der Waals surface area (Å²) in [5, 5.41) is 3.82. The maximum Gasteiger partial charge on any atom is 0.0304 e. The molecule has 1 N–H and O–H groups in total. The van der Waals surface area contributed by atoms with Gasteiger partial charge >= 0.3 is 0 Å². The molecule has 1 saturated heterocycles. The van der Waals surface area contributed by atoms with Crippen molar-refractivity contribution in [3.05, 3.63) is 0 Å². The molecule has 0 aromatic rings. The number of nitrogens with one attached hydrogen (secondary N) is 1. The van der Waals surface area contributed by atoms with Crippen LogP contribution in [0.5, 0.6) is 0 Å². The fraction of sp³-hybridized carbons (Fsp3) is 1.00. The van der Waals surface area contributed by atoms with E-state index < -0.39 is 0 Å². The van der Waals surface area contributed by atoms with E-state index in [1.807, 2.05) is 0 Å². The highest BCUT2D eigenvalue weighted by Crippen LogP contribution is 2.32. The normalized spacial score (nSPS) is 35.1. The first-order chi connectivity index (χ1) is 9.62. The molecule has 1 heterocycles. The summed E-state index contributed by atoms with van der Waals surface area (Å²) >= 11 is 0. The highest BCUT2D eigenvalue weighted by Gasteiger charge is 2.36. The molecular formula is C18H36N2. The molecule has 2 heteroatoms. The molecule has 0 radical (unpaired) electrons. The highest BCUT2D eigenvalue weighted by atomic mass is 15.2. The van der Waals surface area contributed by atoms with Crippen LogP contribution in [0, 0.1) is 11.8 Å². The van der Waals surface area contributed by atoms with Gasteiger partial charge in [0, 0.05) is 31.2 Å². The Kier molecular flexibility index (Phi) is 5.92. The Hall–Kier alpha value is -0.0800. The van der Waals surface area contributed by atoms with Gasteiger partial charge in [-0.15, -0.1) is 0 Å². The van der Waals surface area contributed by atoms with Crippen molar-refractivity contribution in [1.29, 1.82) is 0 Å². The van der Waals surface area contributed by atoms with Gasteiger partial charge < -0.3 is 5.32 Å². The first-order valence-electron chi connectivity index (χ1n) is 9.11. The van der Waals surface area contributed by atoms with Gasteiger partial charge in [-0.3, -0.25) is 4.90 Å². The Labute approximate surface area is 126 Å². The molecule has 0 amide bonds. The van der Waals surface area contributed by atoms with Crippen molar-refractivity contribution >= 4 is 0 Å². The van der Waals surface area contributed by atoms with Gasteiger partial charge in [-0.05, 0) is 44.4 Å². The van der Waals surface area contributed by atoms with Crippen LogP contribution in [0.1, 0.15) is 72.6 Å². The summed E-state index contributed by atoms with van der Waals surface area (Å²) in [7, 11) is 0. The number of nitrogens with zero attached hydrogens (tertiary/aromatic N) is 1. The third kappa shape index (κ3) is 3.76. The maximum absolute atomic E-state index is 3.82. The van der Waals surface area contributed by atoms with Gasteiger partial charge in [0.25, 0.3) is 0 Å². The number of hydrogen-bond donors (Lipinski definition) is 1. The summed E-state index contributed by atoms with van der Waals surface area (Å²) in [6.07, 6.45) is 9.82. The lowest BCUT2D eigenvalue weighted by molar-refractivity contribution is 0.0576. The molecule has 1 aliphatic heterocycles. The van der Waals surface area contributed by atoms with Gasteiger partial charge in [-0.2, -0.15) is 0 Å². The first kappa shape index (κ1) is 16.3. The SMILES string of the molecule is CCC1CCC(CN2CC(CC)(CC)NCC2C)CC1. The van der Waals surface area contributed by atoms with Crippen LogP contribution >= 0.6 is 0 Å². The summed E-state index contributed by atoms with van der Waals surface area (Å²) < 4.78 is 0. The van der Waals surface area contributed by atoms with E-state index in [1.54, 1.807) is 0 Å². The first-order valence-corrected chi connectivity index (χ1v) is 9.11. The average Bonchev–Trinajstić information content (AvgIpc) is 2.50. The standard InChI is InChI=1S/C18H36N2/c1-5-16-8-10-17(11-9-16)13-20-14-18(6-2,7-3)19-12-15(20)4/h15-17,19H,5-14H2,1-4H3. The zero-order chi connectivity index (χ0) is 14.6. The Bertz CT molecular complexity index is 277. The molecule has 1 saturated carbocycles. The van der Waals surface area contributed by atoms with E-state index >= 15 is 0 Å².